The van der Waals surface area contributed by atoms with Crippen LogP contribution in [0.25, 0.3) is 10.6 Å². The first-order valence-corrected chi connectivity index (χ1v) is 9.85. The average molecular weight is 418 g/mol. The first-order valence-electron chi connectivity index (χ1n) is 8.97. The van der Waals surface area contributed by atoms with Crippen LogP contribution in [0.5, 0.6) is 5.75 Å². The van der Waals surface area contributed by atoms with Crippen molar-refractivity contribution < 1.29 is 23.4 Å². The molecule has 1 aromatic heterocycles. The molecule has 0 fully saturated rings. The third kappa shape index (κ3) is 5.36. The Morgan fingerprint density at radius 3 is 2.55 bits per heavy atom. The number of thiazole rings is 1. The van der Waals surface area contributed by atoms with Crippen LogP contribution >= 0.6 is 11.3 Å². The lowest BCUT2D eigenvalue weighted by Gasteiger charge is -2.12. The number of aliphatic hydroxyl groups excluding tert-OH is 1. The van der Waals surface area contributed by atoms with E-state index >= 15 is 0 Å². The fourth-order valence-electron chi connectivity index (χ4n) is 2.58. The molecule has 0 saturated heterocycles. The molecule has 0 aliphatic heterocycles. The highest BCUT2D eigenvalue weighted by molar-refractivity contribution is 7.13. The SMILES string of the molecule is CC(C)Oc1ccc(-c2nc(C(=O)NCC(O)c3ccc(F)c(F)c3)cs2)cc1. The standard InChI is InChI=1S/C21H20F2N2O3S/c1-12(2)28-15-6-3-13(4-7-15)21-25-18(11-29-21)20(27)24-10-19(26)14-5-8-16(22)17(23)9-14/h3-9,11-12,19,26H,10H2,1-2H3,(H,24,27). The number of carbonyl (C=O) groups is 1. The van der Waals surface area contributed by atoms with Gasteiger partial charge in [-0.25, -0.2) is 13.8 Å². The normalized spacial score (nSPS) is 12.1. The van der Waals surface area contributed by atoms with Crippen molar-refractivity contribution in [3.63, 3.8) is 0 Å². The summed E-state index contributed by atoms with van der Waals surface area (Å²) >= 11 is 1.32. The lowest BCUT2D eigenvalue weighted by molar-refractivity contribution is 0.0912. The Morgan fingerprint density at radius 1 is 1.17 bits per heavy atom. The number of nitrogens with one attached hydrogen (secondary N) is 1. The number of ether oxygens (including phenoxy) is 1. The second-order valence-corrected chi connectivity index (χ2v) is 7.49. The minimum Gasteiger partial charge on any atom is -0.491 e. The highest BCUT2D eigenvalue weighted by Crippen LogP contribution is 2.26. The first kappa shape index (κ1) is 20.9. The van der Waals surface area contributed by atoms with Crippen LogP contribution < -0.4 is 10.1 Å². The Hall–Kier alpha value is -2.84. The molecule has 0 bridgehead atoms. The summed E-state index contributed by atoms with van der Waals surface area (Å²) in [7, 11) is 0. The number of hydrogen-bond acceptors (Lipinski definition) is 5. The Bertz CT molecular complexity index is 990. The van der Waals surface area contributed by atoms with Crippen LogP contribution in [0, 0.1) is 11.6 Å². The van der Waals surface area contributed by atoms with Crippen LogP contribution in [-0.4, -0.2) is 28.6 Å². The van der Waals surface area contributed by atoms with Gasteiger partial charge in [0.25, 0.3) is 5.91 Å². The minimum atomic E-state index is -1.17. The van der Waals surface area contributed by atoms with Gasteiger partial charge in [0.1, 0.15) is 16.5 Å². The van der Waals surface area contributed by atoms with Crippen LogP contribution in [0.4, 0.5) is 8.78 Å². The van der Waals surface area contributed by atoms with E-state index in [1.165, 1.54) is 17.4 Å². The fraction of sp³-hybridized carbons (Fsp3) is 0.238. The van der Waals surface area contributed by atoms with E-state index in [0.29, 0.717) is 5.01 Å². The second-order valence-electron chi connectivity index (χ2n) is 6.63. The summed E-state index contributed by atoms with van der Waals surface area (Å²) in [6.07, 6.45) is -1.08. The first-order chi connectivity index (χ1) is 13.8. The van der Waals surface area contributed by atoms with Crippen molar-refractivity contribution in [3.8, 4) is 16.3 Å². The molecule has 0 saturated carbocycles. The third-order valence-electron chi connectivity index (χ3n) is 3.99. The van der Waals surface area contributed by atoms with Crippen molar-refractivity contribution in [2.75, 3.05) is 6.54 Å². The molecule has 1 unspecified atom stereocenters. The van der Waals surface area contributed by atoms with Gasteiger partial charge in [0, 0.05) is 17.5 Å². The van der Waals surface area contributed by atoms with Gasteiger partial charge in [-0.05, 0) is 55.8 Å². The van der Waals surface area contributed by atoms with Gasteiger partial charge in [-0.3, -0.25) is 4.79 Å². The van der Waals surface area contributed by atoms with Crippen LogP contribution in [0.15, 0.2) is 47.8 Å². The summed E-state index contributed by atoms with van der Waals surface area (Å²) in [5, 5.41) is 14.9. The quantitative estimate of drug-likeness (QED) is 0.599. The van der Waals surface area contributed by atoms with E-state index in [9.17, 15) is 18.7 Å². The van der Waals surface area contributed by atoms with Crippen molar-refractivity contribution in [3.05, 3.63) is 70.7 Å². The molecule has 5 nitrogen and oxygen atoms in total. The van der Waals surface area contributed by atoms with Crippen molar-refractivity contribution in [2.45, 2.75) is 26.1 Å². The molecule has 29 heavy (non-hydrogen) atoms. The largest absolute Gasteiger partial charge is 0.491 e. The Balaban J connectivity index is 1.61. The number of rotatable bonds is 7. The van der Waals surface area contributed by atoms with Gasteiger partial charge in [-0.1, -0.05) is 6.07 Å². The number of benzene rings is 2. The van der Waals surface area contributed by atoms with Crippen LogP contribution in [0.2, 0.25) is 0 Å². The average Bonchev–Trinajstić information content (AvgIpc) is 3.18. The Kier molecular flexibility index (Phi) is 6.56. The molecular formula is C21H20F2N2O3S. The second kappa shape index (κ2) is 9.11. The highest BCUT2D eigenvalue weighted by atomic mass is 32.1. The van der Waals surface area contributed by atoms with Gasteiger partial charge in [0.15, 0.2) is 11.6 Å². The maximum absolute atomic E-state index is 13.3. The molecular weight excluding hydrogens is 398 g/mol. The number of amides is 1. The number of aromatic nitrogens is 1. The predicted molar refractivity (Wildman–Crippen MR) is 107 cm³/mol. The maximum Gasteiger partial charge on any atom is 0.270 e. The van der Waals surface area contributed by atoms with Gasteiger partial charge in [-0.15, -0.1) is 11.3 Å². The zero-order valence-corrected chi connectivity index (χ0v) is 16.7. The molecule has 0 radical (unpaired) electrons. The van der Waals surface area contributed by atoms with Crippen LogP contribution in [-0.2, 0) is 0 Å². The van der Waals surface area contributed by atoms with Gasteiger partial charge in [0.2, 0.25) is 0 Å². The van der Waals surface area contributed by atoms with Crippen molar-refractivity contribution in [1.29, 1.82) is 0 Å². The van der Waals surface area contributed by atoms with E-state index < -0.39 is 23.6 Å². The monoisotopic (exact) mass is 418 g/mol. The lowest BCUT2D eigenvalue weighted by Crippen LogP contribution is -2.28. The Labute approximate surface area is 171 Å². The van der Waals surface area contributed by atoms with Crippen molar-refractivity contribution >= 4 is 17.2 Å². The summed E-state index contributed by atoms with van der Waals surface area (Å²) in [5.41, 5.74) is 1.24. The minimum absolute atomic E-state index is 0.0813. The van der Waals surface area contributed by atoms with Crippen LogP contribution in [0.3, 0.4) is 0 Å². The number of nitrogens with zero attached hydrogens (tertiary/aromatic N) is 1. The summed E-state index contributed by atoms with van der Waals surface area (Å²) < 4.78 is 31.8. The molecule has 3 rings (SSSR count). The zero-order valence-electron chi connectivity index (χ0n) is 15.9. The summed E-state index contributed by atoms with van der Waals surface area (Å²) in [6, 6.07) is 10.5. The van der Waals surface area contributed by atoms with Gasteiger partial charge in [0.05, 0.1) is 12.2 Å². The molecule has 2 aromatic carbocycles. The molecule has 8 heteroatoms. The van der Waals surface area contributed by atoms with Crippen LogP contribution in [0.1, 0.15) is 36.0 Å². The van der Waals surface area contributed by atoms with Crippen molar-refractivity contribution in [2.24, 2.45) is 0 Å². The fourth-order valence-corrected chi connectivity index (χ4v) is 3.38. The Morgan fingerprint density at radius 2 is 1.90 bits per heavy atom. The number of halogens is 2. The van der Waals surface area contributed by atoms with E-state index in [1.54, 1.807) is 5.38 Å². The van der Waals surface area contributed by atoms with Gasteiger partial charge < -0.3 is 15.2 Å². The molecule has 152 valence electrons. The number of hydrogen-bond donors (Lipinski definition) is 2. The molecule has 0 aliphatic carbocycles. The zero-order chi connectivity index (χ0) is 21.0. The summed E-state index contributed by atoms with van der Waals surface area (Å²) in [6.45, 7) is 3.74. The molecule has 1 heterocycles. The van der Waals surface area contributed by atoms with Gasteiger partial charge in [-0.2, -0.15) is 0 Å². The number of aliphatic hydroxyl groups is 1. The summed E-state index contributed by atoms with van der Waals surface area (Å²) in [5.74, 6) is -1.76. The number of carbonyl (C=O) groups excluding carboxylic acids is 1. The molecule has 0 spiro atoms. The van der Waals surface area contributed by atoms with Gasteiger partial charge >= 0.3 is 0 Å². The summed E-state index contributed by atoms with van der Waals surface area (Å²) in [4.78, 5) is 16.6. The smallest absolute Gasteiger partial charge is 0.270 e. The van der Waals surface area contributed by atoms with Crippen molar-refractivity contribution in [1.82, 2.24) is 10.3 Å². The lowest BCUT2D eigenvalue weighted by atomic mass is 10.1. The maximum atomic E-state index is 13.3. The van der Waals surface area contributed by atoms with E-state index in [-0.39, 0.29) is 23.9 Å². The predicted octanol–water partition coefficient (Wildman–Crippen LogP) is 4.34. The molecule has 1 atom stereocenters. The third-order valence-corrected chi connectivity index (χ3v) is 4.89. The molecule has 2 N–H and O–H groups in total. The molecule has 0 aliphatic rings. The topological polar surface area (TPSA) is 71.5 Å². The van der Waals surface area contributed by atoms with E-state index in [1.807, 2.05) is 38.1 Å². The van der Waals surface area contributed by atoms with E-state index in [0.717, 1.165) is 23.4 Å². The molecule has 3 aromatic rings. The van der Waals surface area contributed by atoms with E-state index in [4.69, 9.17) is 4.74 Å². The molecule has 1 amide bonds. The van der Waals surface area contributed by atoms with E-state index in [2.05, 4.69) is 10.3 Å². The highest BCUT2D eigenvalue weighted by Gasteiger charge is 2.15.